The van der Waals surface area contributed by atoms with Gasteiger partial charge in [-0.05, 0) is 37.6 Å². The molecule has 132 valence electrons. The molecule has 1 aromatic rings. The van der Waals surface area contributed by atoms with Gasteiger partial charge in [0.05, 0.1) is 0 Å². The topological polar surface area (TPSA) is 78.5 Å². The molecule has 0 saturated carbocycles. The van der Waals surface area contributed by atoms with Crippen LogP contribution in [-0.4, -0.2) is 42.8 Å². The maximum absolute atomic E-state index is 12.4. The van der Waals surface area contributed by atoms with Gasteiger partial charge in [0.1, 0.15) is 0 Å². The van der Waals surface area contributed by atoms with Crippen molar-refractivity contribution in [3.63, 3.8) is 0 Å². The number of rotatable bonds is 8. The van der Waals surface area contributed by atoms with E-state index in [9.17, 15) is 14.4 Å². The van der Waals surface area contributed by atoms with Crippen LogP contribution in [0, 0.1) is 0 Å². The Hall–Kier alpha value is -2.37. The summed E-state index contributed by atoms with van der Waals surface area (Å²) < 4.78 is 0. The summed E-state index contributed by atoms with van der Waals surface area (Å²) in [5.41, 5.74) is 1.20. The molecule has 0 fully saturated rings. The first-order valence-electron chi connectivity index (χ1n) is 8.26. The van der Waals surface area contributed by atoms with Crippen molar-refractivity contribution in [2.45, 2.75) is 45.6 Å². The fourth-order valence-corrected chi connectivity index (χ4v) is 2.17. The number of nitrogens with zero attached hydrogens (tertiary/aromatic N) is 1. The zero-order valence-corrected chi connectivity index (χ0v) is 14.9. The third-order valence-corrected chi connectivity index (χ3v) is 3.91. The first-order chi connectivity index (χ1) is 11.4. The van der Waals surface area contributed by atoms with E-state index in [4.69, 9.17) is 0 Å². The van der Waals surface area contributed by atoms with Crippen molar-refractivity contribution < 1.29 is 14.4 Å². The van der Waals surface area contributed by atoms with Crippen molar-refractivity contribution in [2.75, 3.05) is 19.4 Å². The molecule has 1 rings (SSSR count). The van der Waals surface area contributed by atoms with Gasteiger partial charge in [0.15, 0.2) is 0 Å². The fraction of sp³-hybridized carbons (Fsp3) is 0.500. The van der Waals surface area contributed by atoms with Gasteiger partial charge < -0.3 is 15.5 Å². The second-order valence-corrected chi connectivity index (χ2v) is 5.87. The Morgan fingerprint density at radius 2 is 1.75 bits per heavy atom. The van der Waals surface area contributed by atoms with Crippen LogP contribution in [0.4, 0.5) is 5.69 Å². The molecule has 0 bridgehead atoms. The molecule has 1 aromatic carbocycles. The lowest BCUT2D eigenvalue weighted by Gasteiger charge is -2.24. The SMILES string of the molecule is CCCCC(=O)Nc1ccc(C(=O)N(C)C(C)CC(=O)NC)cc1. The molecule has 0 aliphatic heterocycles. The molecule has 6 heteroatoms. The molecule has 3 amide bonds. The summed E-state index contributed by atoms with van der Waals surface area (Å²) in [6.07, 6.45) is 2.58. The highest BCUT2D eigenvalue weighted by molar-refractivity contribution is 5.96. The third-order valence-electron chi connectivity index (χ3n) is 3.91. The molecule has 2 N–H and O–H groups in total. The molecule has 0 saturated heterocycles. The largest absolute Gasteiger partial charge is 0.359 e. The van der Waals surface area contributed by atoms with Gasteiger partial charge >= 0.3 is 0 Å². The Bertz CT molecular complexity index is 569. The molecule has 1 unspecified atom stereocenters. The molecule has 1 atom stereocenters. The number of hydrogen-bond acceptors (Lipinski definition) is 3. The molecule has 0 aromatic heterocycles. The van der Waals surface area contributed by atoms with E-state index in [0.29, 0.717) is 17.7 Å². The molecule has 0 aliphatic carbocycles. The van der Waals surface area contributed by atoms with Crippen LogP contribution in [0.3, 0.4) is 0 Å². The summed E-state index contributed by atoms with van der Waals surface area (Å²) in [5, 5.41) is 5.36. The lowest BCUT2D eigenvalue weighted by molar-refractivity contribution is -0.121. The van der Waals surface area contributed by atoms with Crippen molar-refractivity contribution >= 4 is 23.4 Å². The molecular weight excluding hydrogens is 306 g/mol. The molecular formula is C18H27N3O3. The summed E-state index contributed by atoms with van der Waals surface area (Å²) in [6.45, 7) is 3.87. The van der Waals surface area contributed by atoms with E-state index in [1.807, 2.05) is 13.8 Å². The van der Waals surface area contributed by atoms with Crippen molar-refractivity contribution in [3.05, 3.63) is 29.8 Å². The zero-order chi connectivity index (χ0) is 18.1. The Morgan fingerprint density at radius 1 is 1.12 bits per heavy atom. The summed E-state index contributed by atoms with van der Waals surface area (Å²) >= 11 is 0. The minimum atomic E-state index is -0.203. The normalized spacial score (nSPS) is 11.5. The summed E-state index contributed by atoms with van der Waals surface area (Å²) in [6, 6.07) is 6.59. The van der Waals surface area contributed by atoms with E-state index >= 15 is 0 Å². The van der Waals surface area contributed by atoms with Crippen LogP contribution in [0.5, 0.6) is 0 Å². The highest BCUT2D eigenvalue weighted by atomic mass is 16.2. The monoisotopic (exact) mass is 333 g/mol. The smallest absolute Gasteiger partial charge is 0.253 e. The van der Waals surface area contributed by atoms with Gasteiger partial charge in [0, 0.05) is 44.2 Å². The Labute approximate surface area is 143 Å². The van der Waals surface area contributed by atoms with Gasteiger partial charge in [0.25, 0.3) is 5.91 Å². The highest BCUT2D eigenvalue weighted by Crippen LogP contribution is 2.14. The van der Waals surface area contributed by atoms with E-state index in [1.165, 1.54) is 0 Å². The van der Waals surface area contributed by atoms with Gasteiger partial charge in [0.2, 0.25) is 11.8 Å². The standard InChI is InChI=1S/C18H27N3O3/c1-5-6-7-16(22)20-15-10-8-14(9-11-15)18(24)21(4)13(2)12-17(23)19-3/h8-11,13H,5-7,12H2,1-4H3,(H,19,23)(H,20,22). The average molecular weight is 333 g/mol. The van der Waals surface area contributed by atoms with E-state index in [2.05, 4.69) is 10.6 Å². The van der Waals surface area contributed by atoms with Crippen LogP contribution in [0.25, 0.3) is 0 Å². The Kier molecular flexibility index (Phi) is 7.95. The molecule has 24 heavy (non-hydrogen) atoms. The number of amides is 3. The molecule has 6 nitrogen and oxygen atoms in total. The minimum Gasteiger partial charge on any atom is -0.359 e. The Balaban J connectivity index is 2.65. The van der Waals surface area contributed by atoms with E-state index in [0.717, 1.165) is 12.8 Å². The van der Waals surface area contributed by atoms with Crippen LogP contribution in [-0.2, 0) is 9.59 Å². The zero-order valence-electron chi connectivity index (χ0n) is 14.9. The first-order valence-corrected chi connectivity index (χ1v) is 8.26. The van der Waals surface area contributed by atoms with E-state index in [-0.39, 0.29) is 30.2 Å². The summed E-state index contributed by atoms with van der Waals surface area (Å²) in [5.74, 6) is -0.283. The number of carbonyl (C=O) groups excluding carboxylic acids is 3. The summed E-state index contributed by atoms with van der Waals surface area (Å²) in [7, 11) is 3.25. The predicted octanol–water partition coefficient (Wildman–Crippen LogP) is 2.41. The summed E-state index contributed by atoms with van der Waals surface area (Å²) in [4.78, 5) is 37.1. The predicted molar refractivity (Wildman–Crippen MR) is 94.8 cm³/mol. The number of nitrogens with one attached hydrogen (secondary N) is 2. The van der Waals surface area contributed by atoms with Gasteiger partial charge in [-0.15, -0.1) is 0 Å². The lowest BCUT2D eigenvalue weighted by atomic mass is 10.1. The number of anilines is 1. The Morgan fingerprint density at radius 3 is 2.29 bits per heavy atom. The number of carbonyl (C=O) groups is 3. The van der Waals surface area contributed by atoms with Crippen LogP contribution < -0.4 is 10.6 Å². The van der Waals surface area contributed by atoms with Crippen molar-refractivity contribution in [3.8, 4) is 0 Å². The second kappa shape index (κ2) is 9.70. The van der Waals surface area contributed by atoms with Gasteiger partial charge in [-0.25, -0.2) is 0 Å². The number of hydrogen-bond donors (Lipinski definition) is 2. The molecule has 0 heterocycles. The first kappa shape index (κ1) is 19.7. The maximum atomic E-state index is 12.4. The average Bonchev–Trinajstić information content (AvgIpc) is 2.59. The van der Waals surface area contributed by atoms with Crippen LogP contribution in [0.2, 0.25) is 0 Å². The van der Waals surface area contributed by atoms with E-state index < -0.39 is 0 Å². The van der Waals surface area contributed by atoms with E-state index in [1.54, 1.807) is 43.3 Å². The van der Waals surface area contributed by atoms with Crippen LogP contribution in [0.1, 0.15) is 49.9 Å². The number of unbranched alkanes of at least 4 members (excludes halogenated alkanes) is 1. The second-order valence-electron chi connectivity index (χ2n) is 5.87. The molecule has 0 spiro atoms. The van der Waals surface area contributed by atoms with Crippen LogP contribution in [0.15, 0.2) is 24.3 Å². The van der Waals surface area contributed by atoms with Crippen LogP contribution >= 0.6 is 0 Å². The van der Waals surface area contributed by atoms with Gasteiger partial charge in [-0.1, -0.05) is 13.3 Å². The van der Waals surface area contributed by atoms with Gasteiger partial charge in [-0.2, -0.15) is 0 Å². The highest BCUT2D eigenvalue weighted by Gasteiger charge is 2.19. The van der Waals surface area contributed by atoms with Crippen molar-refractivity contribution in [2.24, 2.45) is 0 Å². The van der Waals surface area contributed by atoms with Gasteiger partial charge in [-0.3, -0.25) is 14.4 Å². The number of benzene rings is 1. The molecule has 0 radical (unpaired) electrons. The van der Waals surface area contributed by atoms with Crippen molar-refractivity contribution in [1.82, 2.24) is 10.2 Å². The minimum absolute atomic E-state index is 0.0211. The van der Waals surface area contributed by atoms with Crippen molar-refractivity contribution in [1.29, 1.82) is 0 Å². The maximum Gasteiger partial charge on any atom is 0.253 e. The quantitative estimate of drug-likeness (QED) is 0.767. The fourth-order valence-electron chi connectivity index (χ4n) is 2.17. The lowest BCUT2D eigenvalue weighted by Crippen LogP contribution is -2.38. The molecule has 0 aliphatic rings. The third kappa shape index (κ3) is 6.02.